The van der Waals surface area contributed by atoms with Gasteiger partial charge in [-0.05, 0) is 78.4 Å². The lowest BCUT2D eigenvalue weighted by Gasteiger charge is -2.28. The van der Waals surface area contributed by atoms with Gasteiger partial charge in [-0.25, -0.2) is 4.39 Å². The van der Waals surface area contributed by atoms with E-state index < -0.39 is 11.9 Å². The number of fused-ring (bicyclic) bond motifs is 1. The van der Waals surface area contributed by atoms with Gasteiger partial charge in [-0.15, -0.1) is 0 Å². The molecule has 2 amide bonds. The Morgan fingerprint density at radius 1 is 1.02 bits per heavy atom. The SMILES string of the molecule is CC1=C(C(=O)Cc2ccc3[nH]ncc3c2)C(c2ccc(F)c(CC(=O)NCc3c(C)cccc3C)c2)NC(=O)C1. The molecule has 0 saturated heterocycles. The monoisotopic (exact) mass is 538 g/mol. The van der Waals surface area contributed by atoms with Crippen LogP contribution < -0.4 is 10.6 Å². The average Bonchev–Trinajstić information content (AvgIpc) is 3.37. The first-order valence-corrected chi connectivity index (χ1v) is 13.2. The lowest BCUT2D eigenvalue weighted by molar-refractivity contribution is -0.122. The average molecular weight is 539 g/mol. The Labute approximate surface area is 231 Å². The van der Waals surface area contributed by atoms with E-state index in [-0.39, 0.29) is 42.4 Å². The minimum atomic E-state index is -0.733. The molecule has 0 saturated carbocycles. The number of carbonyl (C=O) groups is 3. The molecule has 8 heteroatoms. The maximum atomic E-state index is 14.8. The molecule has 1 unspecified atom stereocenters. The fourth-order valence-electron chi connectivity index (χ4n) is 5.36. The van der Waals surface area contributed by atoms with Crippen LogP contribution >= 0.6 is 0 Å². The van der Waals surface area contributed by atoms with Gasteiger partial charge >= 0.3 is 0 Å². The Balaban J connectivity index is 1.36. The fourth-order valence-corrected chi connectivity index (χ4v) is 5.36. The van der Waals surface area contributed by atoms with Gasteiger partial charge in [0.2, 0.25) is 11.8 Å². The number of carbonyl (C=O) groups excluding carboxylic acids is 3. The van der Waals surface area contributed by atoms with Crippen LogP contribution in [0.2, 0.25) is 0 Å². The van der Waals surface area contributed by atoms with Crippen LogP contribution in [0.5, 0.6) is 0 Å². The number of H-pyrrole nitrogens is 1. The number of nitrogens with zero attached hydrogens (tertiary/aromatic N) is 1. The van der Waals surface area contributed by atoms with Crippen LogP contribution in [-0.2, 0) is 33.8 Å². The van der Waals surface area contributed by atoms with Crippen molar-refractivity contribution in [2.24, 2.45) is 0 Å². The Morgan fingerprint density at radius 2 is 1.80 bits per heavy atom. The molecule has 0 fully saturated rings. The largest absolute Gasteiger partial charge is 0.352 e. The molecule has 0 bridgehead atoms. The number of hydrogen-bond acceptors (Lipinski definition) is 4. The highest BCUT2D eigenvalue weighted by atomic mass is 19.1. The second-order valence-electron chi connectivity index (χ2n) is 10.4. The molecule has 40 heavy (non-hydrogen) atoms. The first kappa shape index (κ1) is 27.0. The number of benzene rings is 3. The van der Waals surface area contributed by atoms with E-state index in [1.807, 2.05) is 50.2 Å². The summed E-state index contributed by atoms with van der Waals surface area (Å²) < 4.78 is 14.8. The van der Waals surface area contributed by atoms with Crippen molar-refractivity contribution in [1.82, 2.24) is 20.8 Å². The third-order valence-corrected chi connectivity index (χ3v) is 7.51. The van der Waals surface area contributed by atoms with Crippen LogP contribution in [0.4, 0.5) is 4.39 Å². The van der Waals surface area contributed by atoms with Gasteiger partial charge in [0.25, 0.3) is 0 Å². The molecule has 5 rings (SSSR count). The van der Waals surface area contributed by atoms with Gasteiger partial charge in [0.15, 0.2) is 5.78 Å². The van der Waals surface area contributed by atoms with Crippen LogP contribution in [0.15, 0.2) is 71.9 Å². The van der Waals surface area contributed by atoms with Gasteiger partial charge in [-0.3, -0.25) is 19.5 Å². The van der Waals surface area contributed by atoms with E-state index in [0.29, 0.717) is 23.3 Å². The second kappa shape index (κ2) is 11.3. The molecule has 0 aliphatic carbocycles. The van der Waals surface area contributed by atoms with Crippen LogP contribution in [0.3, 0.4) is 0 Å². The molecule has 2 heterocycles. The molecule has 7 nitrogen and oxygen atoms in total. The number of ketones is 1. The van der Waals surface area contributed by atoms with Crippen molar-refractivity contribution >= 4 is 28.5 Å². The Morgan fingerprint density at radius 3 is 2.58 bits per heavy atom. The Hall–Kier alpha value is -4.59. The summed E-state index contributed by atoms with van der Waals surface area (Å²) in [7, 11) is 0. The van der Waals surface area contributed by atoms with E-state index in [1.54, 1.807) is 25.3 Å². The second-order valence-corrected chi connectivity index (χ2v) is 10.4. The molecule has 1 aromatic heterocycles. The number of aryl methyl sites for hydroxylation is 2. The Bertz CT molecular complexity index is 1650. The molecule has 1 atom stereocenters. The maximum Gasteiger partial charge on any atom is 0.224 e. The molecule has 1 aliphatic rings. The lowest BCUT2D eigenvalue weighted by Crippen LogP contribution is -2.37. The van der Waals surface area contributed by atoms with Crippen molar-refractivity contribution in [3.63, 3.8) is 0 Å². The zero-order chi connectivity index (χ0) is 28.4. The van der Waals surface area contributed by atoms with Gasteiger partial charge in [0, 0.05) is 30.3 Å². The van der Waals surface area contributed by atoms with E-state index in [0.717, 1.165) is 33.2 Å². The molecule has 3 N–H and O–H groups in total. The minimum absolute atomic E-state index is 0.118. The summed E-state index contributed by atoms with van der Waals surface area (Å²) in [5.41, 5.74) is 6.82. The number of amides is 2. The predicted molar refractivity (Wildman–Crippen MR) is 151 cm³/mol. The highest BCUT2D eigenvalue weighted by Crippen LogP contribution is 2.32. The predicted octanol–water partition coefficient (Wildman–Crippen LogP) is 4.87. The van der Waals surface area contributed by atoms with Gasteiger partial charge in [0.1, 0.15) is 5.82 Å². The number of aromatic nitrogens is 2. The third-order valence-electron chi connectivity index (χ3n) is 7.51. The minimum Gasteiger partial charge on any atom is -0.352 e. The quantitative estimate of drug-likeness (QED) is 0.298. The molecule has 204 valence electrons. The highest BCUT2D eigenvalue weighted by Gasteiger charge is 2.31. The summed E-state index contributed by atoms with van der Waals surface area (Å²) in [6.45, 7) is 6.10. The van der Waals surface area contributed by atoms with Crippen LogP contribution in [0, 0.1) is 19.7 Å². The van der Waals surface area contributed by atoms with Crippen LogP contribution in [-0.4, -0.2) is 27.8 Å². The van der Waals surface area contributed by atoms with Crippen LogP contribution in [0.25, 0.3) is 10.9 Å². The van der Waals surface area contributed by atoms with Crippen molar-refractivity contribution < 1.29 is 18.8 Å². The van der Waals surface area contributed by atoms with Gasteiger partial charge in [-0.2, -0.15) is 5.10 Å². The standard InChI is InChI=1S/C32H31FN4O3/c1-18-5-4-6-19(2)25(18)17-34-29(39)15-23-14-22(8-9-26(23)33)32-31(20(3)11-30(40)36-32)28(38)13-21-7-10-27-24(12-21)16-35-37-27/h4-10,12,14,16,32H,11,13,15,17H2,1-3H3,(H,34,39)(H,35,37)(H,36,40). The third kappa shape index (κ3) is 5.71. The molecule has 3 aromatic carbocycles. The normalized spacial score (nSPS) is 15.3. The molecular formula is C32H31FN4O3. The first-order valence-electron chi connectivity index (χ1n) is 13.2. The van der Waals surface area contributed by atoms with E-state index in [4.69, 9.17) is 0 Å². The molecule has 0 radical (unpaired) electrons. The highest BCUT2D eigenvalue weighted by molar-refractivity contribution is 6.02. The molecule has 0 spiro atoms. The number of Topliss-reactive ketones (excluding diaryl/α,β-unsaturated/α-hetero) is 1. The molecular weight excluding hydrogens is 507 g/mol. The maximum absolute atomic E-state index is 14.8. The summed E-state index contributed by atoms with van der Waals surface area (Å²) in [6, 6.07) is 15.3. The van der Waals surface area contributed by atoms with Crippen molar-refractivity contribution in [2.75, 3.05) is 0 Å². The zero-order valence-electron chi connectivity index (χ0n) is 22.7. The van der Waals surface area contributed by atoms with Crippen molar-refractivity contribution in [2.45, 2.75) is 52.6 Å². The number of aromatic amines is 1. The first-order chi connectivity index (χ1) is 19.2. The van der Waals surface area contributed by atoms with E-state index >= 15 is 0 Å². The van der Waals surface area contributed by atoms with Crippen molar-refractivity contribution in [3.05, 3.63) is 111 Å². The summed E-state index contributed by atoms with van der Waals surface area (Å²) in [6.07, 6.45) is 1.81. The van der Waals surface area contributed by atoms with Crippen molar-refractivity contribution in [1.29, 1.82) is 0 Å². The Kier molecular flexibility index (Phi) is 7.60. The van der Waals surface area contributed by atoms with E-state index in [2.05, 4.69) is 20.8 Å². The van der Waals surface area contributed by atoms with Gasteiger partial charge < -0.3 is 10.6 Å². The number of nitrogens with one attached hydrogen (secondary N) is 3. The topological polar surface area (TPSA) is 104 Å². The fraction of sp³-hybridized carbons (Fsp3) is 0.250. The van der Waals surface area contributed by atoms with Crippen molar-refractivity contribution in [3.8, 4) is 0 Å². The smallest absolute Gasteiger partial charge is 0.224 e. The summed E-state index contributed by atoms with van der Waals surface area (Å²) >= 11 is 0. The van der Waals surface area contributed by atoms with Crippen LogP contribution in [0.1, 0.15) is 52.8 Å². The number of rotatable bonds is 8. The van der Waals surface area contributed by atoms with E-state index in [9.17, 15) is 18.8 Å². The molecule has 4 aromatic rings. The zero-order valence-corrected chi connectivity index (χ0v) is 22.7. The number of halogens is 1. The van der Waals surface area contributed by atoms with E-state index in [1.165, 1.54) is 6.07 Å². The summed E-state index contributed by atoms with van der Waals surface area (Å²) in [5.74, 6) is -1.17. The summed E-state index contributed by atoms with van der Waals surface area (Å²) in [4.78, 5) is 38.9. The lowest BCUT2D eigenvalue weighted by atomic mass is 9.85. The molecule has 1 aliphatic heterocycles. The van der Waals surface area contributed by atoms with Gasteiger partial charge in [-0.1, -0.05) is 35.9 Å². The van der Waals surface area contributed by atoms with Gasteiger partial charge in [0.05, 0.1) is 24.2 Å². The summed E-state index contributed by atoms with van der Waals surface area (Å²) in [5, 5.41) is 13.6. The number of hydrogen-bond donors (Lipinski definition) is 3.